The van der Waals surface area contributed by atoms with E-state index < -0.39 is 0 Å². The van der Waals surface area contributed by atoms with Gasteiger partial charge in [-0.15, -0.1) is 0 Å². The summed E-state index contributed by atoms with van der Waals surface area (Å²) >= 11 is 0. The molecule has 2 fully saturated rings. The van der Waals surface area contributed by atoms with E-state index in [4.69, 9.17) is 5.16 Å². The summed E-state index contributed by atoms with van der Waals surface area (Å²) in [7, 11) is 0.716. The summed E-state index contributed by atoms with van der Waals surface area (Å²) in [5, 5.41) is 10.8. The predicted molar refractivity (Wildman–Crippen MR) is 45.8 cm³/mol. The van der Waals surface area contributed by atoms with E-state index in [1.165, 1.54) is 19.3 Å². The molecular formula is C7H14N3P. The van der Waals surface area contributed by atoms with Gasteiger partial charge in [0.15, 0.2) is 0 Å². The number of hydrogen-bond acceptors (Lipinski definition) is 2. The Morgan fingerprint density at radius 3 is 3.00 bits per heavy atom. The van der Waals surface area contributed by atoms with E-state index in [1.54, 1.807) is 0 Å². The van der Waals surface area contributed by atoms with Gasteiger partial charge in [0, 0.05) is 18.6 Å². The fraction of sp³-hybridized carbons (Fsp3) is 1.00. The highest BCUT2D eigenvalue weighted by molar-refractivity contribution is 7.22. The maximum atomic E-state index is 7.36. The van der Waals surface area contributed by atoms with E-state index in [2.05, 4.69) is 9.99 Å². The molecule has 0 radical (unpaired) electrons. The van der Waals surface area contributed by atoms with E-state index in [1.807, 2.05) is 0 Å². The van der Waals surface area contributed by atoms with Gasteiger partial charge in [0.05, 0.1) is 8.52 Å². The van der Waals surface area contributed by atoms with Gasteiger partial charge in [-0.25, -0.2) is 4.67 Å². The second kappa shape index (κ2) is 2.81. The minimum atomic E-state index is 0.378. The van der Waals surface area contributed by atoms with E-state index in [-0.39, 0.29) is 0 Å². The van der Waals surface area contributed by atoms with Crippen LogP contribution in [0.4, 0.5) is 0 Å². The Hall–Kier alpha value is 0.0200. The summed E-state index contributed by atoms with van der Waals surface area (Å²) in [6.07, 6.45) is 3.83. The molecule has 0 aromatic carbocycles. The highest BCUT2D eigenvalue weighted by atomic mass is 31.1. The summed E-state index contributed by atoms with van der Waals surface area (Å²) < 4.78 is 2.30. The van der Waals surface area contributed by atoms with Crippen molar-refractivity contribution in [3.63, 3.8) is 0 Å². The van der Waals surface area contributed by atoms with Crippen molar-refractivity contribution in [3.05, 3.63) is 0 Å². The van der Waals surface area contributed by atoms with Crippen LogP contribution in [0.1, 0.15) is 19.3 Å². The molecule has 0 aromatic rings. The second-order valence-corrected chi connectivity index (χ2v) is 4.16. The SMILES string of the molecule is N=PN1CCCC12CCNC2. The average molecular weight is 171 g/mol. The summed E-state index contributed by atoms with van der Waals surface area (Å²) in [5.41, 5.74) is 0.378. The van der Waals surface area contributed by atoms with Gasteiger partial charge in [0.2, 0.25) is 0 Å². The zero-order valence-electron chi connectivity index (χ0n) is 6.64. The topological polar surface area (TPSA) is 39.1 Å². The molecule has 62 valence electrons. The van der Waals surface area contributed by atoms with Gasteiger partial charge in [0.1, 0.15) is 0 Å². The van der Waals surface area contributed by atoms with Crippen LogP contribution in [-0.4, -0.2) is 29.8 Å². The maximum absolute atomic E-state index is 7.36. The molecule has 0 amide bonds. The second-order valence-electron chi connectivity index (χ2n) is 3.48. The number of hydrogen-bond donors (Lipinski definition) is 2. The molecular weight excluding hydrogens is 157 g/mol. The minimum absolute atomic E-state index is 0.378. The third-order valence-electron chi connectivity index (χ3n) is 2.90. The lowest BCUT2D eigenvalue weighted by atomic mass is 9.97. The molecule has 0 bridgehead atoms. The van der Waals surface area contributed by atoms with Gasteiger partial charge >= 0.3 is 0 Å². The fourth-order valence-corrected chi connectivity index (χ4v) is 2.97. The Morgan fingerprint density at radius 2 is 2.36 bits per heavy atom. The molecule has 1 spiro atoms. The van der Waals surface area contributed by atoms with Gasteiger partial charge in [0.25, 0.3) is 0 Å². The van der Waals surface area contributed by atoms with Gasteiger partial charge in [-0.3, -0.25) is 5.16 Å². The Labute approximate surface area is 68.9 Å². The molecule has 4 heteroatoms. The molecule has 3 nitrogen and oxygen atoms in total. The molecule has 1 atom stereocenters. The number of rotatable bonds is 1. The van der Waals surface area contributed by atoms with E-state index in [9.17, 15) is 0 Å². The molecule has 2 saturated heterocycles. The van der Waals surface area contributed by atoms with Crippen molar-refractivity contribution in [1.82, 2.24) is 9.99 Å². The van der Waals surface area contributed by atoms with E-state index in [0.717, 1.165) is 19.6 Å². The maximum Gasteiger partial charge on any atom is 0.0908 e. The predicted octanol–water partition coefficient (Wildman–Crippen LogP) is 1.44. The Morgan fingerprint density at radius 1 is 1.45 bits per heavy atom. The highest BCUT2D eigenvalue weighted by Crippen LogP contribution is 2.38. The molecule has 11 heavy (non-hydrogen) atoms. The Bertz CT molecular complexity index is 160. The lowest BCUT2D eigenvalue weighted by molar-refractivity contribution is 0.284. The van der Waals surface area contributed by atoms with Gasteiger partial charge in [-0.1, -0.05) is 0 Å². The smallest absolute Gasteiger partial charge is 0.0908 e. The fourth-order valence-electron chi connectivity index (χ4n) is 2.24. The quantitative estimate of drug-likeness (QED) is 0.586. The van der Waals surface area contributed by atoms with Crippen LogP contribution < -0.4 is 5.32 Å². The zero-order chi connectivity index (χ0) is 7.73. The molecule has 2 heterocycles. The van der Waals surface area contributed by atoms with Gasteiger partial charge in [-0.05, 0) is 25.8 Å². The van der Waals surface area contributed by atoms with Crippen LogP contribution in [0.25, 0.3) is 0 Å². The van der Waals surface area contributed by atoms with Crippen LogP contribution in [0.2, 0.25) is 0 Å². The van der Waals surface area contributed by atoms with Gasteiger partial charge < -0.3 is 5.32 Å². The standard InChI is InChI=1S/C7H14N3P/c8-11-10-5-1-2-7(10)3-4-9-6-7/h8-9H,1-6H2. The molecule has 1 unspecified atom stereocenters. The van der Waals surface area contributed by atoms with Crippen LogP contribution in [0, 0.1) is 5.16 Å². The van der Waals surface area contributed by atoms with E-state index >= 15 is 0 Å². The molecule has 0 aliphatic carbocycles. The first-order valence-electron chi connectivity index (χ1n) is 4.23. The van der Waals surface area contributed by atoms with Crippen LogP contribution in [0.15, 0.2) is 0 Å². The highest BCUT2D eigenvalue weighted by Gasteiger charge is 2.42. The lowest BCUT2D eigenvalue weighted by Crippen LogP contribution is -2.39. The van der Waals surface area contributed by atoms with Crippen molar-refractivity contribution >= 4 is 8.52 Å². The van der Waals surface area contributed by atoms with Crippen LogP contribution in [0.5, 0.6) is 0 Å². The molecule has 2 N–H and O–H groups in total. The van der Waals surface area contributed by atoms with Crippen molar-refractivity contribution in [3.8, 4) is 0 Å². The molecule has 2 rings (SSSR count). The van der Waals surface area contributed by atoms with Crippen molar-refractivity contribution in [1.29, 1.82) is 5.16 Å². The van der Waals surface area contributed by atoms with Crippen molar-refractivity contribution in [2.75, 3.05) is 19.6 Å². The lowest BCUT2D eigenvalue weighted by Gasteiger charge is -2.29. The molecule has 0 aromatic heterocycles. The minimum Gasteiger partial charge on any atom is -0.315 e. The average Bonchev–Trinajstić information content (AvgIpc) is 2.62. The first kappa shape index (κ1) is 7.66. The van der Waals surface area contributed by atoms with Crippen LogP contribution >= 0.6 is 8.52 Å². The Balaban J connectivity index is 2.15. The largest absolute Gasteiger partial charge is 0.315 e. The molecule has 2 aliphatic rings. The summed E-state index contributed by atoms with van der Waals surface area (Å²) in [5.74, 6) is 0. The first-order valence-corrected chi connectivity index (χ1v) is 5.08. The van der Waals surface area contributed by atoms with Crippen molar-refractivity contribution in [2.24, 2.45) is 0 Å². The van der Waals surface area contributed by atoms with Crippen molar-refractivity contribution in [2.45, 2.75) is 24.8 Å². The third-order valence-corrected chi connectivity index (χ3v) is 3.77. The van der Waals surface area contributed by atoms with E-state index in [0.29, 0.717) is 14.1 Å². The van der Waals surface area contributed by atoms with Gasteiger partial charge in [-0.2, -0.15) is 0 Å². The normalized spacial score (nSPS) is 39.3. The number of nitrogens with one attached hydrogen (secondary N) is 2. The molecule has 0 saturated carbocycles. The summed E-state index contributed by atoms with van der Waals surface area (Å²) in [6, 6.07) is 0. The first-order chi connectivity index (χ1) is 5.37. The monoisotopic (exact) mass is 171 g/mol. The molecule has 2 aliphatic heterocycles. The number of nitrogens with zero attached hydrogens (tertiary/aromatic N) is 1. The van der Waals surface area contributed by atoms with Crippen molar-refractivity contribution < 1.29 is 0 Å². The third kappa shape index (κ3) is 1.12. The van der Waals surface area contributed by atoms with Crippen LogP contribution in [-0.2, 0) is 0 Å². The zero-order valence-corrected chi connectivity index (χ0v) is 7.53. The van der Waals surface area contributed by atoms with Crippen LogP contribution in [0.3, 0.4) is 0 Å². The Kier molecular flexibility index (Phi) is 1.96. The summed E-state index contributed by atoms with van der Waals surface area (Å²) in [6.45, 7) is 3.39. The summed E-state index contributed by atoms with van der Waals surface area (Å²) in [4.78, 5) is 0.